The number of hydrogen-bond donors (Lipinski definition) is 1. The van der Waals surface area contributed by atoms with Crippen molar-refractivity contribution >= 4 is 23.3 Å². The number of ether oxygens (including phenoxy) is 1. The summed E-state index contributed by atoms with van der Waals surface area (Å²) in [7, 11) is 1.33. The van der Waals surface area contributed by atoms with Gasteiger partial charge in [-0.15, -0.1) is 0 Å². The molecule has 0 fully saturated rings. The van der Waals surface area contributed by atoms with Crippen molar-refractivity contribution in [3.05, 3.63) is 48.2 Å². The van der Waals surface area contributed by atoms with Gasteiger partial charge in [0.25, 0.3) is 0 Å². The normalized spacial score (nSPS) is 10.0. The van der Waals surface area contributed by atoms with E-state index in [1.165, 1.54) is 12.7 Å². The van der Waals surface area contributed by atoms with Gasteiger partial charge in [-0.2, -0.15) is 0 Å². The second kappa shape index (κ2) is 6.74. The number of pyridine rings is 1. The Morgan fingerprint density at radius 2 is 2.14 bits per heavy atom. The molecular formula is C16H19N3O2. The minimum Gasteiger partial charge on any atom is -0.453 e. The summed E-state index contributed by atoms with van der Waals surface area (Å²) in [6, 6.07) is 11.9. The van der Waals surface area contributed by atoms with Crippen LogP contribution < -0.4 is 10.2 Å². The van der Waals surface area contributed by atoms with E-state index in [0.29, 0.717) is 5.69 Å². The first-order valence-corrected chi connectivity index (χ1v) is 6.79. The van der Waals surface area contributed by atoms with Gasteiger partial charge >= 0.3 is 6.09 Å². The van der Waals surface area contributed by atoms with Gasteiger partial charge in [-0.3, -0.25) is 5.32 Å². The van der Waals surface area contributed by atoms with Crippen LogP contribution in [0.1, 0.15) is 12.5 Å². The van der Waals surface area contributed by atoms with Crippen molar-refractivity contribution in [1.29, 1.82) is 0 Å². The van der Waals surface area contributed by atoms with E-state index < -0.39 is 6.09 Å². The molecule has 110 valence electrons. The molecule has 0 aliphatic heterocycles. The summed E-state index contributed by atoms with van der Waals surface area (Å²) in [5.74, 6) is 0.832. The summed E-state index contributed by atoms with van der Waals surface area (Å²) >= 11 is 0. The minimum atomic E-state index is -0.504. The standard InChI is InChI=1S/C16H19N3O2/c1-4-19(14-7-5-6-12(2)10-14)15-9-8-13(11-17-15)18-16(20)21-3/h5-11H,4H2,1-3H3,(H,18,20). The Bertz CT molecular complexity index is 611. The van der Waals surface area contributed by atoms with Crippen LogP contribution in [0.15, 0.2) is 42.6 Å². The number of methoxy groups -OCH3 is 1. The predicted octanol–water partition coefficient (Wildman–Crippen LogP) is 3.73. The van der Waals surface area contributed by atoms with Crippen LogP contribution in [0.5, 0.6) is 0 Å². The monoisotopic (exact) mass is 285 g/mol. The minimum absolute atomic E-state index is 0.504. The molecule has 2 rings (SSSR count). The second-order valence-corrected chi connectivity index (χ2v) is 4.60. The molecule has 0 saturated heterocycles. The lowest BCUT2D eigenvalue weighted by Crippen LogP contribution is -2.17. The molecule has 0 aliphatic carbocycles. The quantitative estimate of drug-likeness (QED) is 0.930. The van der Waals surface area contributed by atoms with Crippen LogP contribution in [0.2, 0.25) is 0 Å². The lowest BCUT2D eigenvalue weighted by molar-refractivity contribution is 0.187. The van der Waals surface area contributed by atoms with Crippen molar-refractivity contribution in [2.24, 2.45) is 0 Å². The zero-order chi connectivity index (χ0) is 15.2. The van der Waals surface area contributed by atoms with E-state index in [1.54, 1.807) is 12.3 Å². The summed E-state index contributed by atoms with van der Waals surface area (Å²) in [5.41, 5.74) is 2.90. The molecule has 0 spiro atoms. The van der Waals surface area contributed by atoms with Crippen molar-refractivity contribution < 1.29 is 9.53 Å². The van der Waals surface area contributed by atoms with E-state index in [-0.39, 0.29) is 0 Å². The number of amides is 1. The Labute approximate surface area is 124 Å². The highest BCUT2D eigenvalue weighted by molar-refractivity contribution is 5.84. The molecule has 1 amide bonds. The number of carbonyl (C=O) groups excluding carboxylic acids is 1. The van der Waals surface area contributed by atoms with Crippen LogP contribution in [-0.2, 0) is 4.74 Å². The summed E-state index contributed by atoms with van der Waals surface area (Å²) < 4.78 is 4.55. The highest BCUT2D eigenvalue weighted by Gasteiger charge is 2.09. The summed E-state index contributed by atoms with van der Waals surface area (Å²) in [5, 5.41) is 2.58. The molecule has 21 heavy (non-hydrogen) atoms. The Kier molecular flexibility index (Phi) is 4.77. The molecule has 2 aromatic rings. The third kappa shape index (κ3) is 3.72. The highest BCUT2D eigenvalue weighted by Crippen LogP contribution is 2.24. The van der Waals surface area contributed by atoms with Crippen molar-refractivity contribution in [2.75, 3.05) is 23.9 Å². The maximum absolute atomic E-state index is 11.1. The Morgan fingerprint density at radius 1 is 1.33 bits per heavy atom. The highest BCUT2D eigenvalue weighted by atomic mass is 16.5. The fraction of sp³-hybridized carbons (Fsp3) is 0.250. The molecule has 0 aliphatic rings. The molecule has 5 nitrogen and oxygen atoms in total. The molecule has 0 atom stereocenters. The van der Waals surface area contributed by atoms with E-state index in [0.717, 1.165) is 18.1 Å². The number of aromatic nitrogens is 1. The van der Waals surface area contributed by atoms with E-state index in [4.69, 9.17) is 0 Å². The summed E-state index contributed by atoms with van der Waals surface area (Å²) in [6.07, 6.45) is 1.11. The second-order valence-electron chi connectivity index (χ2n) is 4.60. The summed E-state index contributed by atoms with van der Waals surface area (Å²) in [4.78, 5) is 17.6. The third-order valence-electron chi connectivity index (χ3n) is 3.09. The zero-order valence-corrected chi connectivity index (χ0v) is 12.5. The first kappa shape index (κ1) is 14.8. The van der Waals surface area contributed by atoms with Crippen LogP contribution in [-0.4, -0.2) is 24.7 Å². The first-order chi connectivity index (χ1) is 10.1. The van der Waals surface area contributed by atoms with Gasteiger partial charge < -0.3 is 9.64 Å². The molecule has 1 heterocycles. The molecular weight excluding hydrogens is 266 g/mol. The number of anilines is 3. The van der Waals surface area contributed by atoms with Gasteiger partial charge in [0, 0.05) is 12.2 Å². The summed E-state index contributed by atoms with van der Waals surface area (Å²) in [6.45, 7) is 4.94. The molecule has 0 radical (unpaired) electrons. The average Bonchev–Trinajstić information content (AvgIpc) is 2.50. The average molecular weight is 285 g/mol. The number of carbonyl (C=O) groups is 1. The number of hydrogen-bond acceptors (Lipinski definition) is 4. The van der Waals surface area contributed by atoms with Gasteiger partial charge in [-0.1, -0.05) is 12.1 Å². The van der Waals surface area contributed by atoms with Crippen molar-refractivity contribution in [3.8, 4) is 0 Å². The SMILES string of the molecule is CCN(c1cccc(C)c1)c1ccc(NC(=O)OC)cn1. The molecule has 0 unspecified atom stereocenters. The number of rotatable bonds is 4. The fourth-order valence-corrected chi connectivity index (χ4v) is 2.06. The van der Waals surface area contributed by atoms with Crippen molar-refractivity contribution in [1.82, 2.24) is 4.98 Å². The van der Waals surface area contributed by atoms with E-state index in [9.17, 15) is 4.79 Å². The fourth-order valence-electron chi connectivity index (χ4n) is 2.06. The van der Waals surface area contributed by atoms with Crippen molar-refractivity contribution in [2.45, 2.75) is 13.8 Å². The maximum Gasteiger partial charge on any atom is 0.411 e. The van der Waals surface area contributed by atoms with Crippen LogP contribution in [0.3, 0.4) is 0 Å². The topological polar surface area (TPSA) is 54.5 Å². The van der Waals surface area contributed by atoms with Crippen LogP contribution in [0.25, 0.3) is 0 Å². The van der Waals surface area contributed by atoms with Gasteiger partial charge in [0.05, 0.1) is 19.0 Å². The molecule has 0 saturated carbocycles. The lowest BCUT2D eigenvalue weighted by Gasteiger charge is -2.22. The van der Waals surface area contributed by atoms with E-state index >= 15 is 0 Å². The molecule has 0 bridgehead atoms. The van der Waals surface area contributed by atoms with Gasteiger partial charge in [0.15, 0.2) is 0 Å². The maximum atomic E-state index is 11.1. The van der Waals surface area contributed by atoms with Gasteiger partial charge in [-0.25, -0.2) is 9.78 Å². The van der Waals surface area contributed by atoms with Crippen LogP contribution >= 0.6 is 0 Å². The van der Waals surface area contributed by atoms with Crippen LogP contribution in [0.4, 0.5) is 22.0 Å². The Hall–Kier alpha value is -2.56. The van der Waals surface area contributed by atoms with Gasteiger partial charge in [0.1, 0.15) is 5.82 Å². The molecule has 1 N–H and O–H groups in total. The molecule has 5 heteroatoms. The van der Waals surface area contributed by atoms with E-state index in [1.807, 2.05) is 12.1 Å². The number of aryl methyl sites for hydroxylation is 1. The lowest BCUT2D eigenvalue weighted by atomic mass is 10.2. The number of nitrogens with one attached hydrogen (secondary N) is 1. The van der Waals surface area contributed by atoms with Gasteiger partial charge in [-0.05, 0) is 43.7 Å². The first-order valence-electron chi connectivity index (χ1n) is 6.79. The predicted molar refractivity (Wildman–Crippen MR) is 84.1 cm³/mol. The van der Waals surface area contributed by atoms with Crippen molar-refractivity contribution in [3.63, 3.8) is 0 Å². The zero-order valence-electron chi connectivity index (χ0n) is 12.5. The number of nitrogens with zero attached hydrogens (tertiary/aromatic N) is 2. The number of benzene rings is 1. The van der Waals surface area contributed by atoms with E-state index in [2.05, 4.69) is 52.0 Å². The smallest absolute Gasteiger partial charge is 0.411 e. The van der Waals surface area contributed by atoms with Gasteiger partial charge in [0.2, 0.25) is 0 Å². The Morgan fingerprint density at radius 3 is 2.71 bits per heavy atom. The third-order valence-corrected chi connectivity index (χ3v) is 3.09. The molecule has 1 aromatic heterocycles. The molecule has 1 aromatic carbocycles. The largest absolute Gasteiger partial charge is 0.453 e. The van der Waals surface area contributed by atoms with Crippen LogP contribution in [0, 0.1) is 6.92 Å². The Balaban J connectivity index is 2.21.